The van der Waals surface area contributed by atoms with Gasteiger partial charge in [-0.25, -0.2) is 9.37 Å². The second kappa shape index (κ2) is 12.3. The Balaban J connectivity index is 0.00000341. The third kappa shape index (κ3) is 7.23. The molecule has 8 heteroatoms. The predicted octanol–water partition coefficient (Wildman–Crippen LogP) is 4.37. The average Bonchev–Trinajstić information content (AvgIpc) is 3.23. The number of oxazole rings is 1. The third-order valence-electron chi connectivity index (χ3n) is 4.72. The molecule has 0 saturated carbocycles. The number of aliphatic imine (C=N–C) groups is 1. The highest BCUT2D eigenvalue weighted by Crippen LogP contribution is 2.20. The summed E-state index contributed by atoms with van der Waals surface area (Å²) in [5, 5.41) is 6.59. The number of nitrogens with zero attached hydrogens (tertiary/aromatic N) is 2. The molecule has 0 radical (unpaired) electrons. The maximum Gasteiger partial charge on any atom is 0.226 e. The van der Waals surface area contributed by atoms with Crippen molar-refractivity contribution in [1.29, 1.82) is 0 Å². The lowest BCUT2D eigenvalue weighted by Crippen LogP contribution is -2.39. The first-order chi connectivity index (χ1) is 14.6. The molecule has 0 aliphatic carbocycles. The van der Waals surface area contributed by atoms with Crippen molar-refractivity contribution in [3.05, 3.63) is 71.4 Å². The number of nitrogens with one attached hydrogen (secondary N) is 2. The van der Waals surface area contributed by atoms with Crippen LogP contribution in [-0.2, 0) is 12.8 Å². The first-order valence-corrected chi connectivity index (χ1v) is 9.87. The van der Waals surface area contributed by atoms with Crippen LogP contribution in [-0.4, -0.2) is 38.2 Å². The van der Waals surface area contributed by atoms with Gasteiger partial charge in [0.15, 0.2) is 5.96 Å². The first kappa shape index (κ1) is 24.6. The van der Waals surface area contributed by atoms with Gasteiger partial charge in [-0.1, -0.05) is 12.1 Å². The number of halogens is 2. The highest BCUT2D eigenvalue weighted by molar-refractivity contribution is 14.0. The van der Waals surface area contributed by atoms with E-state index in [1.165, 1.54) is 17.7 Å². The number of rotatable bonds is 8. The van der Waals surface area contributed by atoms with Crippen molar-refractivity contribution in [1.82, 2.24) is 15.6 Å². The monoisotopic (exact) mass is 538 g/mol. The van der Waals surface area contributed by atoms with Crippen molar-refractivity contribution in [2.24, 2.45) is 4.99 Å². The van der Waals surface area contributed by atoms with E-state index >= 15 is 0 Å². The lowest BCUT2D eigenvalue weighted by atomic mass is 10.1. The van der Waals surface area contributed by atoms with E-state index in [-0.39, 0.29) is 29.8 Å². The third-order valence-corrected chi connectivity index (χ3v) is 4.72. The molecule has 0 saturated heterocycles. The molecule has 3 rings (SSSR count). The second-order valence-electron chi connectivity index (χ2n) is 6.88. The Morgan fingerprint density at radius 1 is 1.10 bits per heavy atom. The Labute approximate surface area is 199 Å². The summed E-state index contributed by atoms with van der Waals surface area (Å²) in [6.07, 6.45) is 3.17. The summed E-state index contributed by atoms with van der Waals surface area (Å²) in [7, 11) is 3.43. The maximum atomic E-state index is 13.0. The van der Waals surface area contributed by atoms with E-state index in [2.05, 4.69) is 38.8 Å². The van der Waals surface area contributed by atoms with Gasteiger partial charge in [-0.2, -0.15) is 0 Å². The van der Waals surface area contributed by atoms with Gasteiger partial charge >= 0.3 is 0 Å². The Kier molecular flexibility index (Phi) is 9.77. The highest BCUT2D eigenvalue weighted by atomic mass is 127. The van der Waals surface area contributed by atoms with Crippen molar-refractivity contribution in [2.45, 2.75) is 19.8 Å². The number of ether oxygens (including phenoxy) is 1. The average molecular weight is 538 g/mol. The molecular formula is C23H28FIN4O2. The van der Waals surface area contributed by atoms with E-state index in [0.717, 1.165) is 41.5 Å². The van der Waals surface area contributed by atoms with Gasteiger partial charge in [-0.15, -0.1) is 24.0 Å². The molecule has 0 aliphatic rings. The fourth-order valence-corrected chi connectivity index (χ4v) is 3.02. The van der Waals surface area contributed by atoms with Crippen molar-refractivity contribution in [3.63, 3.8) is 0 Å². The van der Waals surface area contributed by atoms with Crippen LogP contribution < -0.4 is 15.4 Å². The number of benzene rings is 2. The zero-order chi connectivity index (χ0) is 21.3. The number of aryl methyl sites for hydroxylation is 1. The standard InChI is InChI=1S/C23H27FN4O2.HI/c1-16-4-5-17(14-21(16)29-3)10-12-26-23(25-2)27-13-11-20-15-30-22(28-20)18-6-8-19(24)9-7-18;/h4-9,14-15H,10-13H2,1-3H3,(H2,25,26,27);1H. The number of methoxy groups -OCH3 is 1. The zero-order valence-corrected chi connectivity index (χ0v) is 20.3. The Bertz CT molecular complexity index is 989. The van der Waals surface area contributed by atoms with Crippen LogP contribution in [0, 0.1) is 12.7 Å². The van der Waals surface area contributed by atoms with Crippen molar-refractivity contribution in [3.8, 4) is 17.2 Å². The van der Waals surface area contributed by atoms with Crippen LogP contribution in [0.3, 0.4) is 0 Å². The SMILES string of the molecule is CN=C(NCCc1ccc(C)c(OC)c1)NCCc1coc(-c2ccc(F)cc2)n1.I. The molecule has 0 atom stereocenters. The van der Waals surface area contributed by atoms with Crippen LogP contribution >= 0.6 is 24.0 Å². The second-order valence-corrected chi connectivity index (χ2v) is 6.88. The summed E-state index contributed by atoms with van der Waals surface area (Å²) in [6, 6.07) is 12.3. The van der Waals surface area contributed by atoms with E-state index < -0.39 is 0 Å². The molecule has 6 nitrogen and oxygen atoms in total. The largest absolute Gasteiger partial charge is 0.496 e. The van der Waals surface area contributed by atoms with Crippen LogP contribution in [0.15, 0.2) is 58.1 Å². The van der Waals surface area contributed by atoms with Gasteiger partial charge in [0.2, 0.25) is 5.89 Å². The van der Waals surface area contributed by atoms with Crippen LogP contribution in [0.5, 0.6) is 5.75 Å². The molecule has 1 aromatic heterocycles. The summed E-state index contributed by atoms with van der Waals surface area (Å²) in [4.78, 5) is 8.71. The molecule has 0 bridgehead atoms. The fourth-order valence-electron chi connectivity index (χ4n) is 3.02. The van der Waals surface area contributed by atoms with E-state index in [1.807, 2.05) is 6.92 Å². The quantitative estimate of drug-likeness (QED) is 0.253. The minimum atomic E-state index is -0.282. The molecule has 0 amide bonds. The molecule has 0 fully saturated rings. The first-order valence-electron chi connectivity index (χ1n) is 9.87. The Morgan fingerprint density at radius 2 is 1.81 bits per heavy atom. The van der Waals surface area contributed by atoms with E-state index in [4.69, 9.17) is 9.15 Å². The topological polar surface area (TPSA) is 71.7 Å². The summed E-state index contributed by atoms with van der Waals surface area (Å²) in [5.41, 5.74) is 3.91. The van der Waals surface area contributed by atoms with Gasteiger partial charge in [0.25, 0.3) is 0 Å². The van der Waals surface area contributed by atoms with Crippen molar-refractivity contribution in [2.75, 3.05) is 27.2 Å². The maximum absolute atomic E-state index is 13.0. The molecular weight excluding hydrogens is 510 g/mol. The molecule has 1 heterocycles. The lowest BCUT2D eigenvalue weighted by molar-refractivity contribution is 0.411. The molecule has 31 heavy (non-hydrogen) atoms. The Hall–Kier alpha value is -2.62. The normalized spacial score (nSPS) is 11.0. The number of hydrogen-bond donors (Lipinski definition) is 2. The predicted molar refractivity (Wildman–Crippen MR) is 132 cm³/mol. The van der Waals surface area contributed by atoms with Gasteiger partial charge in [0, 0.05) is 32.1 Å². The van der Waals surface area contributed by atoms with Crippen molar-refractivity contribution >= 4 is 29.9 Å². The molecule has 0 unspecified atom stereocenters. The smallest absolute Gasteiger partial charge is 0.226 e. The summed E-state index contributed by atoms with van der Waals surface area (Å²) >= 11 is 0. The number of aromatic nitrogens is 1. The summed E-state index contributed by atoms with van der Waals surface area (Å²) in [5.74, 6) is 1.84. The molecule has 166 valence electrons. The highest BCUT2D eigenvalue weighted by Gasteiger charge is 2.07. The molecule has 2 N–H and O–H groups in total. The van der Waals surface area contributed by atoms with Crippen molar-refractivity contribution < 1.29 is 13.5 Å². The molecule has 3 aromatic rings. The van der Waals surface area contributed by atoms with Crippen LogP contribution in [0.4, 0.5) is 4.39 Å². The minimum absolute atomic E-state index is 0. The molecule has 2 aromatic carbocycles. The van der Waals surface area contributed by atoms with Gasteiger partial charge in [-0.3, -0.25) is 4.99 Å². The summed E-state index contributed by atoms with van der Waals surface area (Å²) < 4.78 is 23.9. The number of hydrogen-bond acceptors (Lipinski definition) is 4. The minimum Gasteiger partial charge on any atom is -0.496 e. The van der Waals surface area contributed by atoms with Gasteiger partial charge in [0.05, 0.1) is 12.8 Å². The van der Waals surface area contributed by atoms with E-state index in [0.29, 0.717) is 18.9 Å². The summed E-state index contributed by atoms with van der Waals surface area (Å²) in [6.45, 7) is 3.45. The van der Waals surface area contributed by atoms with Gasteiger partial charge < -0.3 is 19.8 Å². The van der Waals surface area contributed by atoms with E-state index in [9.17, 15) is 4.39 Å². The molecule has 0 aliphatic heterocycles. The fraction of sp³-hybridized carbons (Fsp3) is 0.304. The lowest BCUT2D eigenvalue weighted by Gasteiger charge is -2.12. The van der Waals surface area contributed by atoms with E-state index in [1.54, 1.807) is 32.6 Å². The van der Waals surface area contributed by atoms with Crippen LogP contribution in [0.2, 0.25) is 0 Å². The zero-order valence-electron chi connectivity index (χ0n) is 17.9. The molecule has 0 spiro atoms. The number of guanidine groups is 1. The van der Waals surface area contributed by atoms with Crippen LogP contribution in [0.1, 0.15) is 16.8 Å². The van der Waals surface area contributed by atoms with Gasteiger partial charge in [-0.05, 0) is 54.8 Å². The Morgan fingerprint density at radius 3 is 2.48 bits per heavy atom. The van der Waals surface area contributed by atoms with Crippen LogP contribution in [0.25, 0.3) is 11.5 Å². The van der Waals surface area contributed by atoms with Gasteiger partial charge in [0.1, 0.15) is 17.8 Å².